The Morgan fingerprint density at radius 2 is 2.00 bits per heavy atom. The van der Waals surface area contributed by atoms with Crippen LogP contribution in [0.3, 0.4) is 0 Å². The lowest BCUT2D eigenvalue weighted by Gasteiger charge is -2.09. The molecule has 1 atom stereocenters. The van der Waals surface area contributed by atoms with E-state index in [4.69, 9.17) is 0 Å². The number of hydrogen-bond donors (Lipinski definition) is 1. The summed E-state index contributed by atoms with van der Waals surface area (Å²) < 4.78 is 51.2. The van der Waals surface area contributed by atoms with E-state index in [1.54, 1.807) is 0 Å². The Labute approximate surface area is 117 Å². The lowest BCUT2D eigenvalue weighted by atomic mass is 10.1. The third-order valence-electron chi connectivity index (χ3n) is 2.29. The number of alkyl halides is 3. The fourth-order valence-electron chi connectivity index (χ4n) is 1.42. The van der Waals surface area contributed by atoms with Crippen molar-refractivity contribution in [2.75, 3.05) is 0 Å². The highest BCUT2D eigenvalue weighted by Crippen LogP contribution is 2.36. The van der Waals surface area contributed by atoms with Crippen LogP contribution in [-0.2, 0) is 6.18 Å². The zero-order chi connectivity index (χ0) is 14.2. The summed E-state index contributed by atoms with van der Waals surface area (Å²) in [5.41, 5.74) is -0.0967. The number of aliphatic hydroxyl groups excluding tert-OH is 1. The molecule has 19 heavy (non-hydrogen) atoms. The molecule has 0 aliphatic carbocycles. The van der Waals surface area contributed by atoms with Crippen molar-refractivity contribution in [2.24, 2.45) is 0 Å². The Balaban J connectivity index is 2.34. The normalized spacial score (nSPS) is 13.6. The van der Waals surface area contributed by atoms with Crippen molar-refractivity contribution in [3.63, 3.8) is 0 Å². The first-order valence-corrected chi connectivity index (χ1v) is 6.56. The van der Waals surface area contributed by atoms with Crippen LogP contribution in [-0.4, -0.2) is 10.1 Å². The Morgan fingerprint density at radius 3 is 2.53 bits per heavy atom. The molecule has 2 rings (SSSR count). The van der Waals surface area contributed by atoms with Gasteiger partial charge in [0.2, 0.25) is 0 Å². The number of rotatable bonds is 2. The first-order valence-electron chi connectivity index (χ1n) is 4.95. The van der Waals surface area contributed by atoms with Crippen LogP contribution < -0.4 is 0 Å². The van der Waals surface area contributed by atoms with Gasteiger partial charge < -0.3 is 5.11 Å². The summed E-state index contributed by atoms with van der Waals surface area (Å²) in [5, 5.41) is 8.82. The monoisotopic (exact) mass is 355 g/mol. The molecule has 0 fully saturated rings. The van der Waals surface area contributed by atoms with Gasteiger partial charge in [0.1, 0.15) is 11.9 Å². The van der Waals surface area contributed by atoms with Gasteiger partial charge in [-0.3, -0.25) is 0 Å². The molecule has 1 N–H and O–H groups in total. The standard InChI is InChI=1S/C11H6BrF4NOS/c12-5-1-2-6(7(13)3-5)9(18)8-4-17-10(19-8)11(14,15)16/h1-4,9,18H. The third-order valence-corrected chi connectivity index (χ3v) is 3.88. The maximum Gasteiger partial charge on any atom is 0.443 e. The molecular weight excluding hydrogens is 350 g/mol. The van der Waals surface area contributed by atoms with Crippen molar-refractivity contribution in [1.82, 2.24) is 4.98 Å². The van der Waals surface area contributed by atoms with E-state index in [0.29, 0.717) is 15.8 Å². The van der Waals surface area contributed by atoms with E-state index >= 15 is 0 Å². The summed E-state index contributed by atoms with van der Waals surface area (Å²) in [6.07, 6.45) is -5.14. The van der Waals surface area contributed by atoms with Crippen LogP contribution in [0.5, 0.6) is 0 Å². The molecule has 1 aromatic carbocycles. The number of nitrogens with zero attached hydrogens (tertiary/aromatic N) is 1. The average Bonchev–Trinajstić information content (AvgIpc) is 2.76. The molecule has 2 aromatic rings. The van der Waals surface area contributed by atoms with Gasteiger partial charge in [-0.25, -0.2) is 9.37 Å². The summed E-state index contributed by atoms with van der Waals surface area (Å²) in [7, 11) is 0. The molecule has 0 bridgehead atoms. The third kappa shape index (κ3) is 3.13. The fraction of sp³-hybridized carbons (Fsp3) is 0.182. The minimum absolute atomic E-state index is 0.0615. The SMILES string of the molecule is OC(c1cnc(C(F)(F)F)s1)c1ccc(Br)cc1F. The lowest BCUT2D eigenvalue weighted by molar-refractivity contribution is -0.137. The van der Waals surface area contributed by atoms with E-state index in [9.17, 15) is 22.7 Å². The van der Waals surface area contributed by atoms with Gasteiger partial charge in [0.25, 0.3) is 0 Å². The maximum atomic E-state index is 13.6. The van der Waals surface area contributed by atoms with Gasteiger partial charge in [-0.05, 0) is 12.1 Å². The predicted molar refractivity (Wildman–Crippen MR) is 65.3 cm³/mol. The summed E-state index contributed by atoms with van der Waals surface area (Å²) in [4.78, 5) is 3.12. The molecule has 2 nitrogen and oxygen atoms in total. The van der Waals surface area contributed by atoms with Crippen LogP contribution in [0.15, 0.2) is 28.9 Å². The zero-order valence-corrected chi connectivity index (χ0v) is 11.5. The maximum absolute atomic E-state index is 13.6. The quantitative estimate of drug-likeness (QED) is 0.821. The average molecular weight is 356 g/mol. The van der Waals surface area contributed by atoms with Crippen LogP contribution in [0.25, 0.3) is 0 Å². The van der Waals surface area contributed by atoms with Gasteiger partial charge >= 0.3 is 6.18 Å². The predicted octanol–water partition coefficient (Wildman–Crippen LogP) is 4.15. The van der Waals surface area contributed by atoms with Crippen molar-refractivity contribution < 1.29 is 22.7 Å². The summed E-state index contributed by atoms with van der Waals surface area (Å²) in [6, 6.07) is 3.93. The van der Waals surface area contributed by atoms with Gasteiger partial charge in [0.05, 0.1) is 4.88 Å². The highest BCUT2D eigenvalue weighted by molar-refractivity contribution is 9.10. The topological polar surface area (TPSA) is 33.1 Å². The fourth-order valence-corrected chi connectivity index (χ4v) is 2.54. The van der Waals surface area contributed by atoms with Crippen molar-refractivity contribution in [1.29, 1.82) is 0 Å². The number of aromatic nitrogens is 1. The van der Waals surface area contributed by atoms with Gasteiger partial charge in [-0.1, -0.05) is 22.0 Å². The van der Waals surface area contributed by atoms with E-state index in [-0.39, 0.29) is 10.4 Å². The second-order valence-electron chi connectivity index (χ2n) is 3.63. The molecule has 0 radical (unpaired) electrons. The van der Waals surface area contributed by atoms with E-state index in [2.05, 4.69) is 20.9 Å². The minimum atomic E-state index is -4.57. The van der Waals surface area contributed by atoms with Gasteiger partial charge in [0.15, 0.2) is 5.01 Å². The van der Waals surface area contributed by atoms with Crippen molar-refractivity contribution >= 4 is 27.3 Å². The van der Waals surface area contributed by atoms with Gasteiger partial charge in [0, 0.05) is 16.2 Å². The highest BCUT2D eigenvalue weighted by atomic mass is 79.9. The summed E-state index contributed by atoms with van der Waals surface area (Å²) in [5.74, 6) is -0.705. The van der Waals surface area contributed by atoms with Crippen LogP contribution in [0, 0.1) is 5.82 Å². The Morgan fingerprint density at radius 1 is 1.32 bits per heavy atom. The molecule has 0 aliphatic heterocycles. The van der Waals surface area contributed by atoms with Gasteiger partial charge in [-0.2, -0.15) is 13.2 Å². The minimum Gasteiger partial charge on any atom is -0.383 e. The highest BCUT2D eigenvalue weighted by Gasteiger charge is 2.35. The molecule has 1 aromatic heterocycles. The number of thiazole rings is 1. The molecule has 0 saturated heterocycles. The molecule has 8 heteroatoms. The second-order valence-corrected chi connectivity index (χ2v) is 5.61. The largest absolute Gasteiger partial charge is 0.443 e. The first kappa shape index (κ1) is 14.4. The number of halogens is 5. The van der Waals surface area contributed by atoms with E-state index in [0.717, 1.165) is 12.3 Å². The van der Waals surface area contributed by atoms with Crippen molar-refractivity contribution in [2.45, 2.75) is 12.3 Å². The van der Waals surface area contributed by atoms with Crippen molar-refractivity contribution in [3.8, 4) is 0 Å². The molecule has 0 aliphatic rings. The van der Waals surface area contributed by atoms with Gasteiger partial charge in [-0.15, -0.1) is 11.3 Å². The van der Waals surface area contributed by atoms with Crippen LogP contribution in [0.4, 0.5) is 17.6 Å². The zero-order valence-electron chi connectivity index (χ0n) is 9.08. The van der Waals surface area contributed by atoms with Crippen molar-refractivity contribution in [3.05, 3.63) is 50.1 Å². The molecule has 102 valence electrons. The number of benzene rings is 1. The number of hydrogen-bond acceptors (Lipinski definition) is 3. The molecule has 1 heterocycles. The van der Waals surface area contributed by atoms with Crippen LogP contribution in [0.2, 0.25) is 0 Å². The van der Waals surface area contributed by atoms with E-state index < -0.39 is 23.1 Å². The van der Waals surface area contributed by atoms with Crippen LogP contribution in [0.1, 0.15) is 21.6 Å². The van der Waals surface area contributed by atoms with Crippen LogP contribution >= 0.6 is 27.3 Å². The summed E-state index contributed by atoms with van der Waals surface area (Å²) >= 11 is 3.34. The molecule has 0 saturated carbocycles. The molecule has 0 spiro atoms. The smallest absolute Gasteiger partial charge is 0.383 e. The van der Waals surface area contributed by atoms with E-state index in [1.807, 2.05) is 0 Å². The molecular formula is C11H6BrF4NOS. The first-order chi connectivity index (χ1) is 8.79. The molecule has 0 amide bonds. The number of aliphatic hydroxyl groups is 1. The Bertz CT molecular complexity index is 599. The Kier molecular flexibility index (Phi) is 3.93. The Hall–Kier alpha value is -0.990. The second kappa shape index (κ2) is 5.18. The summed E-state index contributed by atoms with van der Waals surface area (Å²) in [6.45, 7) is 0. The van der Waals surface area contributed by atoms with E-state index in [1.165, 1.54) is 12.1 Å². The molecule has 1 unspecified atom stereocenters. The lowest BCUT2D eigenvalue weighted by Crippen LogP contribution is -2.03.